The zero-order valence-electron chi connectivity index (χ0n) is 19.0. The number of fused-ring (bicyclic) bond motifs is 2. The quantitative estimate of drug-likeness (QED) is 0.413. The highest BCUT2D eigenvalue weighted by Gasteiger charge is 2.17. The van der Waals surface area contributed by atoms with Crippen LogP contribution >= 0.6 is 0 Å². The maximum Gasteiger partial charge on any atom is 0.159 e. The first-order valence-corrected chi connectivity index (χ1v) is 10.8. The minimum Gasteiger partial charge on any atom is -0.335 e. The van der Waals surface area contributed by atoms with Gasteiger partial charge in [-0.05, 0) is 38.7 Å². The number of pyridine rings is 3. The highest BCUT2D eigenvalue weighted by atomic mass is 15.1. The van der Waals surface area contributed by atoms with Crippen molar-refractivity contribution in [3.05, 3.63) is 66.9 Å². The van der Waals surface area contributed by atoms with Crippen LogP contribution in [0, 0.1) is 6.92 Å². The molecular weight excluding hydrogens is 428 g/mol. The third-order valence-corrected chi connectivity index (χ3v) is 5.63. The number of imidazole rings is 2. The molecule has 0 unspecified atom stereocenters. The molecule has 0 atom stereocenters. The molecule has 0 aliphatic heterocycles. The molecule has 10 heteroatoms. The number of hydrogen-bond acceptors (Lipinski definition) is 7. The van der Waals surface area contributed by atoms with E-state index in [2.05, 4.69) is 46.1 Å². The molecule has 6 rings (SSSR count). The van der Waals surface area contributed by atoms with E-state index in [4.69, 9.17) is 4.98 Å². The fourth-order valence-electron chi connectivity index (χ4n) is 4.11. The molecule has 10 nitrogen and oxygen atoms in total. The lowest BCUT2D eigenvalue weighted by atomic mass is 10.1. The Balaban J connectivity index is 1.45. The van der Waals surface area contributed by atoms with Crippen LogP contribution in [-0.4, -0.2) is 63.7 Å². The van der Waals surface area contributed by atoms with Gasteiger partial charge < -0.3 is 14.5 Å². The average Bonchev–Trinajstić information content (AvgIpc) is 3.55. The normalized spacial score (nSPS) is 11.8. The maximum absolute atomic E-state index is 4.88. The molecule has 0 bridgehead atoms. The summed E-state index contributed by atoms with van der Waals surface area (Å²) in [6, 6.07) is 4.14. The number of rotatable bonds is 5. The van der Waals surface area contributed by atoms with Gasteiger partial charge in [-0.15, -0.1) is 0 Å². The summed E-state index contributed by atoms with van der Waals surface area (Å²) in [6.45, 7) is 2.76. The Kier molecular flexibility index (Phi) is 4.66. The Morgan fingerprint density at radius 3 is 2.68 bits per heavy atom. The van der Waals surface area contributed by atoms with Crippen molar-refractivity contribution < 1.29 is 0 Å². The Labute approximate surface area is 194 Å². The molecule has 0 aliphatic rings. The van der Waals surface area contributed by atoms with Gasteiger partial charge in [-0.2, -0.15) is 5.10 Å². The lowest BCUT2D eigenvalue weighted by molar-refractivity contribution is 0.402. The van der Waals surface area contributed by atoms with Gasteiger partial charge in [0.15, 0.2) is 5.82 Å². The molecule has 0 amide bonds. The van der Waals surface area contributed by atoms with Gasteiger partial charge in [0.1, 0.15) is 11.2 Å². The zero-order valence-corrected chi connectivity index (χ0v) is 19.0. The van der Waals surface area contributed by atoms with E-state index in [0.717, 1.165) is 62.4 Å². The van der Waals surface area contributed by atoms with Crippen LogP contribution in [0.1, 0.15) is 11.3 Å². The largest absolute Gasteiger partial charge is 0.335 e. The standard InChI is InChI=1S/C24H22N10/c1-14-11-34(13-28-14)21-10-26-8-20-23(21)30-24(29-20)22-17-5-18(27-9-19(17)31-32-22)16-4-15(6-25-7-16)12-33(2)3/h4-11,13H,12H2,1-3H3,(H,29,30)(H,31,32). The number of aromatic amines is 2. The molecule has 0 aromatic carbocycles. The van der Waals surface area contributed by atoms with E-state index in [1.807, 2.05) is 50.2 Å². The van der Waals surface area contributed by atoms with Crippen LogP contribution in [0.4, 0.5) is 0 Å². The van der Waals surface area contributed by atoms with E-state index in [0.29, 0.717) is 5.82 Å². The van der Waals surface area contributed by atoms with Gasteiger partial charge in [0.05, 0.1) is 53.0 Å². The summed E-state index contributed by atoms with van der Waals surface area (Å²) >= 11 is 0. The first-order valence-electron chi connectivity index (χ1n) is 10.8. The summed E-state index contributed by atoms with van der Waals surface area (Å²) in [6.07, 6.45) is 12.8. The Bertz CT molecular complexity index is 1640. The third-order valence-electron chi connectivity index (χ3n) is 5.63. The van der Waals surface area contributed by atoms with Gasteiger partial charge in [0.2, 0.25) is 0 Å². The van der Waals surface area contributed by atoms with Crippen molar-refractivity contribution in [3.8, 4) is 28.5 Å². The fraction of sp³-hybridized carbons (Fsp3) is 0.167. The molecule has 0 fully saturated rings. The van der Waals surface area contributed by atoms with Crippen LogP contribution in [-0.2, 0) is 6.54 Å². The lowest BCUT2D eigenvalue weighted by Crippen LogP contribution is -2.10. The van der Waals surface area contributed by atoms with Crippen molar-refractivity contribution >= 4 is 21.9 Å². The summed E-state index contributed by atoms with van der Waals surface area (Å²) in [5.74, 6) is 0.656. The lowest BCUT2D eigenvalue weighted by Gasteiger charge is -2.10. The summed E-state index contributed by atoms with van der Waals surface area (Å²) in [7, 11) is 4.08. The maximum atomic E-state index is 4.88. The predicted octanol–water partition coefficient (Wildman–Crippen LogP) is 3.51. The second-order valence-corrected chi connectivity index (χ2v) is 8.57. The van der Waals surface area contributed by atoms with Crippen molar-refractivity contribution in [2.75, 3.05) is 14.1 Å². The Morgan fingerprint density at radius 1 is 0.971 bits per heavy atom. The second-order valence-electron chi connectivity index (χ2n) is 8.57. The molecule has 0 saturated heterocycles. The van der Waals surface area contributed by atoms with E-state index in [1.54, 1.807) is 24.9 Å². The molecule has 6 heterocycles. The van der Waals surface area contributed by atoms with E-state index < -0.39 is 0 Å². The highest BCUT2D eigenvalue weighted by molar-refractivity contribution is 5.95. The number of H-pyrrole nitrogens is 2. The van der Waals surface area contributed by atoms with E-state index in [9.17, 15) is 0 Å². The predicted molar refractivity (Wildman–Crippen MR) is 129 cm³/mol. The monoisotopic (exact) mass is 450 g/mol. The van der Waals surface area contributed by atoms with Crippen LogP contribution in [0.3, 0.4) is 0 Å². The number of aryl methyl sites for hydroxylation is 1. The van der Waals surface area contributed by atoms with Crippen LogP contribution in [0.2, 0.25) is 0 Å². The molecule has 34 heavy (non-hydrogen) atoms. The molecule has 0 saturated carbocycles. The van der Waals surface area contributed by atoms with Crippen molar-refractivity contribution in [2.45, 2.75) is 13.5 Å². The SMILES string of the molecule is Cc1cn(-c2cncc3[nH]c(-c4n[nH]c5cnc(-c6cncc(CN(C)C)c6)cc45)nc23)cn1. The topological polar surface area (TPSA) is 117 Å². The third kappa shape index (κ3) is 3.50. The summed E-state index contributed by atoms with van der Waals surface area (Å²) in [4.78, 5) is 28.1. The van der Waals surface area contributed by atoms with Crippen LogP contribution in [0.5, 0.6) is 0 Å². The molecule has 6 aromatic heterocycles. The van der Waals surface area contributed by atoms with Crippen molar-refractivity contribution in [2.24, 2.45) is 0 Å². The smallest absolute Gasteiger partial charge is 0.159 e. The van der Waals surface area contributed by atoms with Gasteiger partial charge in [-0.1, -0.05) is 0 Å². The summed E-state index contributed by atoms with van der Waals surface area (Å²) < 4.78 is 1.92. The first-order chi connectivity index (χ1) is 16.5. The van der Waals surface area contributed by atoms with Gasteiger partial charge in [0, 0.05) is 36.1 Å². The van der Waals surface area contributed by atoms with Gasteiger partial charge in [0.25, 0.3) is 0 Å². The minimum absolute atomic E-state index is 0.656. The van der Waals surface area contributed by atoms with E-state index in [-0.39, 0.29) is 0 Å². The van der Waals surface area contributed by atoms with Crippen LogP contribution < -0.4 is 0 Å². The summed E-state index contributed by atoms with van der Waals surface area (Å²) in [5.41, 5.74) is 7.87. The first kappa shape index (κ1) is 20.2. The molecule has 0 spiro atoms. The number of nitrogens with one attached hydrogen (secondary N) is 2. The fourth-order valence-corrected chi connectivity index (χ4v) is 4.11. The molecular formula is C24H22N10. The Morgan fingerprint density at radius 2 is 1.85 bits per heavy atom. The molecule has 2 N–H and O–H groups in total. The number of nitrogens with zero attached hydrogens (tertiary/aromatic N) is 8. The van der Waals surface area contributed by atoms with Crippen molar-refractivity contribution in [1.82, 2.24) is 49.6 Å². The molecule has 6 aromatic rings. The van der Waals surface area contributed by atoms with Crippen molar-refractivity contribution in [1.29, 1.82) is 0 Å². The molecule has 0 radical (unpaired) electrons. The number of hydrogen-bond donors (Lipinski definition) is 2. The minimum atomic E-state index is 0.656. The van der Waals surface area contributed by atoms with Crippen LogP contribution in [0.15, 0.2) is 55.6 Å². The van der Waals surface area contributed by atoms with E-state index in [1.165, 1.54) is 0 Å². The van der Waals surface area contributed by atoms with Crippen LogP contribution in [0.25, 0.3) is 50.4 Å². The Hall–Kier alpha value is -4.44. The highest BCUT2D eigenvalue weighted by Crippen LogP contribution is 2.30. The van der Waals surface area contributed by atoms with Crippen molar-refractivity contribution in [3.63, 3.8) is 0 Å². The summed E-state index contributed by atoms with van der Waals surface area (Å²) in [5, 5.41) is 8.54. The van der Waals surface area contributed by atoms with Gasteiger partial charge >= 0.3 is 0 Å². The number of aromatic nitrogens is 9. The molecule has 168 valence electrons. The zero-order chi connectivity index (χ0) is 23.2. The van der Waals surface area contributed by atoms with Gasteiger partial charge in [-0.3, -0.25) is 20.1 Å². The second kappa shape index (κ2) is 7.85. The molecule has 0 aliphatic carbocycles. The van der Waals surface area contributed by atoms with E-state index >= 15 is 0 Å². The average molecular weight is 451 g/mol. The van der Waals surface area contributed by atoms with Gasteiger partial charge in [-0.25, -0.2) is 9.97 Å².